The maximum absolute atomic E-state index is 12.3. The highest BCUT2D eigenvalue weighted by molar-refractivity contribution is 5.99. The molecule has 0 atom stereocenters. The molecule has 0 aromatic heterocycles. The summed E-state index contributed by atoms with van der Waals surface area (Å²) in [4.78, 5) is 36.9. The topological polar surface area (TPSA) is 96.5 Å². The highest BCUT2D eigenvalue weighted by Gasteiger charge is 2.21. The molecule has 170 valence electrons. The first-order valence-electron chi connectivity index (χ1n) is 11.3. The van der Waals surface area contributed by atoms with Gasteiger partial charge in [0.05, 0.1) is 6.61 Å². The molecule has 0 unspecified atom stereocenters. The second kappa shape index (κ2) is 11.9. The van der Waals surface area contributed by atoms with Crippen molar-refractivity contribution in [3.63, 3.8) is 0 Å². The lowest BCUT2D eigenvalue weighted by atomic mass is 9.88. The van der Waals surface area contributed by atoms with E-state index < -0.39 is 11.8 Å². The van der Waals surface area contributed by atoms with E-state index in [-0.39, 0.29) is 11.8 Å². The van der Waals surface area contributed by atoms with Crippen molar-refractivity contribution in [3.8, 4) is 5.75 Å². The van der Waals surface area contributed by atoms with E-state index in [0.717, 1.165) is 38.5 Å². The number of nitrogens with one attached hydrogen (secondary N) is 3. The van der Waals surface area contributed by atoms with Crippen LogP contribution in [0.15, 0.2) is 48.5 Å². The van der Waals surface area contributed by atoms with Gasteiger partial charge in [0.2, 0.25) is 5.91 Å². The van der Waals surface area contributed by atoms with Crippen molar-refractivity contribution in [2.45, 2.75) is 51.9 Å². The van der Waals surface area contributed by atoms with Gasteiger partial charge in [0.1, 0.15) is 5.75 Å². The zero-order valence-electron chi connectivity index (χ0n) is 18.5. The van der Waals surface area contributed by atoms with Crippen molar-refractivity contribution < 1.29 is 19.1 Å². The third-order valence-electron chi connectivity index (χ3n) is 5.56. The maximum Gasteiger partial charge on any atom is 0.269 e. The smallest absolute Gasteiger partial charge is 0.269 e. The summed E-state index contributed by atoms with van der Waals surface area (Å²) >= 11 is 0. The molecule has 3 rings (SSSR count). The van der Waals surface area contributed by atoms with Crippen LogP contribution < -0.4 is 20.9 Å². The number of hydrogen-bond donors (Lipinski definition) is 3. The molecule has 1 aliphatic carbocycles. The molecule has 0 saturated heterocycles. The Morgan fingerprint density at radius 1 is 0.844 bits per heavy atom. The molecule has 1 fully saturated rings. The first kappa shape index (κ1) is 23.3. The van der Waals surface area contributed by atoms with E-state index in [2.05, 4.69) is 23.1 Å². The van der Waals surface area contributed by atoms with Gasteiger partial charge in [0.15, 0.2) is 0 Å². The third kappa shape index (κ3) is 6.83. The minimum atomic E-state index is -0.442. The van der Waals surface area contributed by atoms with Gasteiger partial charge < -0.3 is 10.1 Å². The van der Waals surface area contributed by atoms with E-state index in [1.165, 1.54) is 6.42 Å². The van der Waals surface area contributed by atoms with Gasteiger partial charge in [0.25, 0.3) is 11.8 Å². The zero-order chi connectivity index (χ0) is 22.8. The number of anilines is 1. The van der Waals surface area contributed by atoms with E-state index in [1.54, 1.807) is 48.5 Å². The molecule has 2 aromatic rings. The van der Waals surface area contributed by atoms with Gasteiger partial charge >= 0.3 is 0 Å². The predicted octanol–water partition coefficient (Wildman–Crippen LogP) is 4.46. The Balaban J connectivity index is 1.46. The molecule has 7 nitrogen and oxygen atoms in total. The molecular weight excluding hydrogens is 406 g/mol. The van der Waals surface area contributed by atoms with Crippen LogP contribution in [0.5, 0.6) is 5.75 Å². The molecule has 1 saturated carbocycles. The number of unbranched alkanes of at least 4 members (excludes halogenated alkanes) is 1. The minimum Gasteiger partial charge on any atom is -0.494 e. The van der Waals surface area contributed by atoms with Crippen LogP contribution in [-0.4, -0.2) is 24.3 Å². The largest absolute Gasteiger partial charge is 0.494 e. The summed E-state index contributed by atoms with van der Waals surface area (Å²) in [5.74, 6) is -0.0533. The van der Waals surface area contributed by atoms with E-state index >= 15 is 0 Å². The van der Waals surface area contributed by atoms with Crippen LogP contribution in [0.25, 0.3) is 0 Å². The van der Waals surface area contributed by atoms with E-state index in [1.807, 2.05) is 0 Å². The molecule has 3 N–H and O–H groups in total. The van der Waals surface area contributed by atoms with Gasteiger partial charge in [-0.3, -0.25) is 25.2 Å². The molecule has 1 aliphatic rings. The normalized spacial score (nSPS) is 13.8. The van der Waals surface area contributed by atoms with Gasteiger partial charge in [0, 0.05) is 22.7 Å². The van der Waals surface area contributed by atoms with Gasteiger partial charge in [-0.2, -0.15) is 0 Å². The third-order valence-corrected chi connectivity index (χ3v) is 5.56. The van der Waals surface area contributed by atoms with Crippen molar-refractivity contribution >= 4 is 23.4 Å². The molecule has 3 amide bonds. The summed E-state index contributed by atoms with van der Waals surface area (Å²) in [6, 6.07) is 13.4. The molecule has 0 heterocycles. The number of amides is 3. The number of benzene rings is 2. The number of hydrazine groups is 1. The summed E-state index contributed by atoms with van der Waals surface area (Å²) in [6.07, 6.45) is 7.28. The average molecular weight is 438 g/mol. The van der Waals surface area contributed by atoms with Crippen LogP contribution in [-0.2, 0) is 4.79 Å². The first-order chi connectivity index (χ1) is 15.6. The van der Waals surface area contributed by atoms with Crippen LogP contribution in [0, 0.1) is 5.92 Å². The molecule has 7 heteroatoms. The SMILES string of the molecule is CCCCOc1ccc(C(=O)NNC(=O)c2ccc(NC(=O)C3CCCCC3)cc2)cc1. The Bertz CT molecular complexity index is 904. The average Bonchev–Trinajstić information content (AvgIpc) is 2.84. The molecule has 0 bridgehead atoms. The van der Waals surface area contributed by atoms with Gasteiger partial charge in [-0.1, -0.05) is 32.6 Å². The number of rotatable bonds is 8. The Kier molecular flexibility index (Phi) is 8.66. The van der Waals surface area contributed by atoms with Crippen LogP contribution in [0.2, 0.25) is 0 Å². The fraction of sp³-hybridized carbons (Fsp3) is 0.400. The van der Waals surface area contributed by atoms with Crippen LogP contribution >= 0.6 is 0 Å². The molecule has 0 spiro atoms. The second-order valence-corrected chi connectivity index (χ2v) is 8.04. The van der Waals surface area contributed by atoms with Crippen molar-refractivity contribution in [2.75, 3.05) is 11.9 Å². The predicted molar refractivity (Wildman–Crippen MR) is 123 cm³/mol. The zero-order valence-corrected chi connectivity index (χ0v) is 18.5. The summed E-state index contributed by atoms with van der Waals surface area (Å²) in [7, 11) is 0. The van der Waals surface area contributed by atoms with Crippen LogP contribution in [0.3, 0.4) is 0 Å². The second-order valence-electron chi connectivity index (χ2n) is 8.04. The van der Waals surface area contributed by atoms with Gasteiger partial charge in [-0.15, -0.1) is 0 Å². The number of carbonyl (C=O) groups is 3. The summed E-state index contributed by atoms with van der Waals surface area (Å²) in [6.45, 7) is 2.73. The highest BCUT2D eigenvalue weighted by Crippen LogP contribution is 2.25. The summed E-state index contributed by atoms with van der Waals surface area (Å²) in [5, 5.41) is 2.92. The monoisotopic (exact) mass is 437 g/mol. The number of carbonyl (C=O) groups excluding carboxylic acids is 3. The first-order valence-corrected chi connectivity index (χ1v) is 11.3. The van der Waals surface area contributed by atoms with Crippen LogP contribution in [0.1, 0.15) is 72.6 Å². The van der Waals surface area contributed by atoms with E-state index in [4.69, 9.17) is 4.74 Å². The van der Waals surface area contributed by atoms with Crippen molar-refractivity contribution in [3.05, 3.63) is 59.7 Å². The maximum atomic E-state index is 12.3. The van der Waals surface area contributed by atoms with Crippen molar-refractivity contribution in [2.24, 2.45) is 5.92 Å². The van der Waals surface area contributed by atoms with E-state index in [0.29, 0.717) is 29.2 Å². The Hall–Kier alpha value is -3.35. The standard InChI is InChI=1S/C25H31N3O4/c1-2-3-17-32-22-15-11-20(12-16-22)25(31)28-27-24(30)19-9-13-21(14-10-19)26-23(29)18-7-5-4-6-8-18/h9-16,18H,2-8,17H2,1H3,(H,26,29)(H,27,30)(H,28,31). The Labute approximate surface area is 188 Å². The highest BCUT2D eigenvalue weighted by atomic mass is 16.5. The van der Waals surface area contributed by atoms with Crippen LogP contribution in [0.4, 0.5) is 5.69 Å². The number of hydrogen-bond acceptors (Lipinski definition) is 4. The fourth-order valence-electron chi connectivity index (χ4n) is 3.61. The van der Waals surface area contributed by atoms with E-state index in [9.17, 15) is 14.4 Å². The Morgan fingerprint density at radius 3 is 1.97 bits per heavy atom. The molecule has 32 heavy (non-hydrogen) atoms. The summed E-state index contributed by atoms with van der Waals surface area (Å²) < 4.78 is 5.58. The fourth-order valence-corrected chi connectivity index (χ4v) is 3.61. The van der Waals surface area contributed by atoms with Gasteiger partial charge in [-0.25, -0.2) is 0 Å². The lowest BCUT2D eigenvalue weighted by molar-refractivity contribution is -0.120. The number of ether oxygens (including phenoxy) is 1. The Morgan fingerprint density at radius 2 is 1.41 bits per heavy atom. The molecule has 2 aromatic carbocycles. The lowest BCUT2D eigenvalue weighted by Gasteiger charge is -2.20. The molecule has 0 aliphatic heterocycles. The molecule has 0 radical (unpaired) electrons. The quantitative estimate of drug-likeness (QED) is 0.420. The minimum absolute atomic E-state index is 0.0379. The van der Waals surface area contributed by atoms with Crippen molar-refractivity contribution in [1.29, 1.82) is 0 Å². The lowest BCUT2D eigenvalue weighted by Crippen LogP contribution is -2.41. The van der Waals surface area contributed by atoms with Crippen molar-refractivity contribution in [1.82, 2.24) is 10.9 Å². The van der Waals surface area contributed by atoms with Gasteiger partial charge in [-0.05, 0) is 67.8 Å². The molecular formula is C25H31N3O4. The summed E-state index contributed by atoms with van der Waals surface area (Å²) in [5.41, 5.74) is 6.26.